The number of imidazole rings is 1. The summed E-state index contributed by atoms with van der Waals surface area (Å²) in [7, 11) is 0. The summed E-state index contributed by atoms with van der Waals surface area (Å²) in [5.74, 6) is -1.23. The summed E-state index contributed by atoms with van der Waals surface area (Å²) >= 11 is 0. The zero-order valence-corrected chi connectivity index (χ0v) is 28.3. The topological polar surface area (TPSA) is 129 Å². The van der Waals surface area contributed by atoms with Crippen molar-refractivity contribution in [2.45, 2.75) is 76.7 Å². The van der Waals surface area contributed by atoms with Crippen LogP contribution in [-0.4, -0.2) is 51.2 Å². The lowest BCUT2D eigenvalue weighted by Gasteiger charge is -2.30. The number of H-pyrrole nitrogens is 2. The molecule has 0 fully saturated rings. The number of hydrogen-bond acceptors (Lipinski definition) is 6. The zero-order valence-electron chi connectivity index (χ0n) is 28.3. The van der Waals surface area contributed by atoms with E-state index in [1.54, 1.807) is 25.4 Å². The van der Waals surface area contributed by atoms with Gasteiger partial charge in [0.05, 0.1) is 18.3 Å². The van der Waals surface area contributed by atoms with Gasteiger partial charge in [0.1, 0.15) is 17.4 Å². The molecule has 1 aliphatic rings. The summed E-state index contributed by atoms with van der Waals surface area (Å²) in [6, 6.07) is 15.3. The number of aromatic amines is 2. The Morgan fingerprint density at radius 3 is 2.80 bits per heavy atom. The van der Waals surface area contributed by atoms with E-state index in [2.05, 4.69) is 33.3 Å². The van der Waals surface area contributed by atoms with Crippen LogP contribution in [0.15, 0.2) is 67.0 Å². The molecular formula is C39H42F2N4O5. The number of hydrogen-bond donors (Lipinski definition) is 4. The number of nitrogens with one attached hydrogen (secondary N) is 3. The van der Waals surface area contributed by atoms with Gasteiger partial charge in [0.15, 0.2) is 11.6 Å². The number of halogens is 2. The summed E-state index contributed by atoms with van der Waals surface area (Å²) < 4.78 is 42.3. The smallest absolute Gasteiger partial charge is 0.306 e. The van der Waals surface area contributed by atoms with Gasteiger partial charge in [-0.2, -0.15) is 0 Å². The summed E-state index contributed by atoms with van der Waals surface area (Å²) in [5, 5.41) is 14.4. The third-order valence-electron chi connectivity index (χ3n) is 9.49. The minimum atomic E-state index is -1.01. The Kier molecular flexibility index (Phi) is 10.6. The second-order valence-corrected chi connectivity index (χ2v) is 13.1. The van der Waals surface area contributed by atoms with Gasteiger partial charge in [-0.1, -0.05) is 37.1 Å². The van der Waals surface area contributed by atoms with Crippen molar-refractivity contribution in [3.8, 4) is 22.9 Å². The zero-order chi connectivity index (χ0) is 35.3. The molecule has 5 aromatic rings. The van der Waals surface area contributed by atoms with E-state index >= 15 is 8.78 Å². The second-order valence-electron chi connectivity index (χ2n) is 13.1. The number of esters is 1. The van der Waals surface area contributed by atoms with Crippen molar-refractivity contribution in [1.29, 1.82) is 0 Å². The van der Waals surface area contributed by atoms with Crippen LogP contribution in [0.2, 0.25) is 0 Å². The van der Waals surface area contributed by atoms with Gasteiger partial charge in [-0.25, -0.2) is 13.8 Å². The van der Waals surface area contributed by atoms with Crippen LogP contribution in [0.5, 0.6) is 11.5 Å². The lowest BCUT2D eigenvalue weighted by Crippen LogP contribution is -2.33. The summed E-state index contributed by atoms with van der Waals surface area (Å²) in [6.07, 6.45) is 6.40. The largest absolute Gasteiger partial charge is 0.466 e. The molecule has 3 aromatic carbocycles. The molecule has 262 valence electrons. The van der Waals surface area contributed by atoms with Gasteiger partial charge in [-0.15, -0.1) is 0 Å². The normalized spacial score (nSPS) is 18.9. The van der Waals surface area contributed by atoms with Crippen LogP contribution >= 0.6 is 0 Å². The number of nitrogens with zero attached hydrogens (tertiary/aromatic N) is 1. The molecule has 4 N–H and O–H groups in total. The molecule has 1 aliphatic heterocycles. The maximum absolute atomic E-state index is 15.6. The van der Waals surface area contributed by atoms with Crippen LogP contribution in [-0.2, 0) is 32.6 Å². The van der Waals surface area contributed by atoms with E-state index in [1.165, 1.54) is 24.3 Å². The average Bonchev–Trinajstić information content (AvgIpc) is 3.79. The van der Waals surface area contributed by atoms with Gasteiger partial charge < -0.3 is 29.9 Å². The molecule has 0 spiro atoms. The van der Waals surface area contributed by atoms with E-state index < -0.39 is 23.2 Å². The Morgan fingerprint density at radius 1 is 1.10 bits per heavy atom. The number of aliphatic hydroxyl groups is 1. The fourth-order valence-electron chi connectivity index (χ4n) is 6.70. The van der Waals surface area contributed by atoms with Crippen LogP contribution in [0.1, 0.15) is 74.8 Å². The third-order valence-corrected chi connectivity index (χ3v) is 9.49. The number of carbonyl (C=O) groups is 2. The first-order valence-electron chi connectivity index (χ1n) is 17.2. The molecule has 2 unspecified atom stereocenters. The molecule has 2 aromatic heterocycles. The van der Waals surface area contributed by atoms with Crippen LogP contribution in [0.4, 0.5) is 8.78 Å². The second kappa shape index (κ2) is 15.2. The molecule has 6 rings (SSSR count). The van der Waals surface area contributed by atoms with Gasteiger partial charge in [-0.05, 0) is 68.5 Å². The van der Waals surface area contributed by atoms with Crippen molar-refractivity contribution in [3.63, 3.8) is 0 Å². The fourth-order valence-corrected chi connectivity index (χ4v) is 6.70. The molecule has 0 saturated heterocycles. The Balaban J connectivity index is 1.38. The Morgan fingerprint density at radius 2 is 1.96 bits per heavy atom. The van der Waals surface area contributed by atoms with Crippen molar-refractivity contribution in [2.75, 3.05) is 13.2 Å². The number of aliphatic hydroxyl groups excluding tert-OH is 1. The van der Waals surface area contributed by atoms with Gasteiger partial charge in [-0.3, -0.25) is 9.59 Å². The minimum Gasteiger partial charge on any atom is -0.466 e. The number of rotatable bonds is 5. The van der Waals surface area contributed by atoms with E-state index in [9.17, 15) is 14.7 Å². The first kappa shape index (κ1) is 34.8. The molecular weight excluding hydrogens is 642 g/mol. The Bertz CT molecular complexity index is 1990. The fraction of sp³-hybridized carbons (Fsp3) is 0.359. The Hall–Kier alpha value is -5.03. The van der Waals surface area contributed by atoms with Crippen LogP contribution in [0, 0.1) is 11.6 Å². The number of fused-ring (bicyclic) bond motifs is 8. The van der Waals surface area contributed by atoms with E-state index in [-0.39, 0.29) is 54.1 Å². The average molecular weight is 685 g/mol. The standard InChI is InChI=1S/C39H42F2N4O5/c1-3-49-36(48)14-11-24-8-7-9-25(18-24)39(2)16-6-4-5-10-35(47)43-22-26(46)19-29-28-15-17-42-33(28)21-32(41)37(29)50-27-12-13-31(40)30(20-27)38-44-23-34(39)45-38/h7-9,12-13,15,17-18,20-21,23,26,42,46H,3-6,10-11,14,16,19,22H2,1-2H3,(H,43,47)(H,44,45). The predicted molar refractivity (Wildman–Crippen MR) is 186 cm³/mol. The number of ether oxygens (including phenoxy) is 2. The summed E-state index contributed by atoms with van der Waals surface area (Å²) in [6.45, 7) is 4.21. The number of aromatic nitrogens is 3. The maximum Gasteiger partial charge on any atom is 0.306 e. The van der Waals surface area contributed by atoms with Crippen molar-refractivity contribution in [2.24, 2.45) is 0 Å². The molecule has 11 heteroatoms. The maximum atomic E-state index is 15.6. The van der Waals surface area contributed by atoms with E-state index in [0.717, 1.165) is 29.7 Å². The van der Waals surface area contributed by atoms with Crippen molar-refractivity contribution in [3.05, 3.63) is 101 Å². The van der Waals surface area contributed by atoms with Gasteiger partial charge >= 0.3 is 5.97 Å². The lowest BCUT2D eigenvalue weighted by atomic mass is 9.75. The highest BCUT2D eigenvalue weighted by Crippen LogP contribution is 2.40. The number of benzene rings is 3. The van der Waals surface area contributed by atoms with Crippen molar-refractivity contribution >= 4 is 22.8 Å². The predicted octanol–water partition coefficient (Wildman–Crippen LogP) is 7.41. The quantitative estimate of drug-likeness (QED) is 0.143. The van der Waals surface area contributed by atoms with E-state index in [4.69, 9.17) is 9.47 Å². The molecule has 50 heavy (non-hydrogen) atoms. The van der Waals surface area contributed by atoms with Crippen LogP contribution in [0.25, 0.3) is 22.3 Å². The molecule has 1 amide bonds. The Labute approximate surface area is 289 Å². The first-order chi connectivity index (χ1) is 24.1. The van der Waals surface area contributed by atoms with Crippen molar-refractivity contribution in [1.82, 2.24) is 20.3 Å². The molecule has 9 nitrogen and oxygen atoms in total. The van der Waals surface area contributed by atoms with Gasteiger partial charge in [0.2, 0.25) is 5.91 Å². The monoisotopic (exact) mass is 684 g/mol. The molecule has 3 heterocycles. The lowest BCUT2D eigenvalue weighted by molar-refractivity contribution is -0.143. The highest BCUT2D eigenvalue weighted by atomic mass is 19.1. The molecule has 4 bridgehead atoms. The molecule has 0 saturated carbocycles. The number of aryl methyl sites for hydroxylation is 1. The van der Waals surface area contributed by atoms with Crippen LogP contribution in [0.3, 0.4) is 0 Å². The highest BCUT2D eigenvalue weighted by molar-refractivity contribution is 5.86. The summed E-state index contributed by atoms with van der Waals surface area (Å²) in [4.78, 5) is 35.8. The third kappa shape index (κ3) is 7.73. The number of β-amino-alcohol motifs (C(OH)–C–C–N with tert-alkyl or cyclic N) is 1. The van der Waals surface area contributed by atoms with Crippen molar-refractivity contribution < 1.29 is 33.0 Å². The number of amides is 1. The van der Waals surface area contributed by atoms with Crippen LogP contribution < -0.4 is 10.1 Å². The number of carbonyl (C=O) groups excluding carboxylic acids is 2. The minimum absolute atomic E-state index is 0.00831. The van der Waals surface area contributed by atoms with E-state index in [1.807, 2.05) is 18.2 Å². The first-order valence-corrected chi connectivity index (χ1v) is 17.2. The van der Waals surface area contributed by atoms with Gasteiger partial charge in [0, 0.05) is 71.8 Å². The summed E-state index contributed by atoms with van der Waals surface area (Å²) in [5.41, 5.74) is 3.29. The molecule has 2 atom stereocenters. The van der Waals surface area contributed by atoms with Gasteiger partial charge in [0.25, 0.3) is 0 Å². The molecule has 0 aliphatic carbocycles. The SMILES string of the molecule is CCOC(=O)CCc1cccc(C2(C)CCCCCC(=O)NCC(O)Cc3c(c(F)cc4[nH]ccc34)Oc3ccc(F)c(c3)-c3ncc2[nH]3)c1. The molecule has 0 radical (unpaired) electrons. The van der Waals surface area contributed by atoms with E-state index in [0.29, 0.717) is 48.8 Å². The highest BCUT2D eigenvalue weighted by Gasteiger charge is 2.32.